The predicted molar refractivity (Wildman–Crippen MR) is 169 cm³/mol. The van der Waals surface area contributed by atoms with Crippen LogP contribution in [0.2, 0.25) is 0 Å². The topological polar surface area (TPSA) is 120 Å². The Morgan fingerprint density at radius 3 is 2.48 bits per heavy atom. The van der Waals surface area contributed by atoms with Gasteiger partial charge in [0.15, 0.2) is 0 Å². The quantitative estimate of drug-likeness (QED) is 0.329. The molecule has 1 aliphatic carbocycles. The smallest absolute Gasteiger partial charge is 0.389 e. The SMILES string of the molecule is C[C@@H]1CN([C@H](C)CO)C(=O)c2cc(NC(=O)CCC(F)(F)F)ccc2O[C@@H](C)CCCCO[C@@H]1CN(C)C(=O)NC1CCCCC1. The molecule has 0 bridgehead atoms. The number of halogens is 3. The molecule has 10 nitrogen and oxygen atoms in total. The second-order valence-corrected chi connectivity index (χ2v) is 12.8. The van der Waals surface area contributed by atoms with Gasteiger partial charge >= 0.3 is 12.2 Å². The van der Waals surface area contributed by atoms with Gasteiger partial charge in [0.05, 0.1) is 36.8 Å². The fourth-order valence-corrected chi connectivity index (χ4v) is 5.83. The summed E-state index contributed by atoms with van der Waals surface area (Å²) in [7, 11) is 1.73. The fourth-order valence-electron chi connectivity index (χ4n) is 5.83. The average molecular weight is 657 g/mol. The van der Waals surface area contributed by atoms with Gasteiger partial charge in [-0.3, -0.25) is 9.59 Å². The van der Waals surface area contributed by atoms with Gasteiger partial charge < -0.3 is 35.0 Å². The number of nitrogens with one attached hydrogen (secondary N) is 2. The van der Waals surface area contributed by atoms with E-state index >= 15 is 0 Å². The number of fused-ring (bicyclic) bond motifs is 1. The summed E-state index contributed by atoms with van der Waals surface area (Å²) in [4.78, 5) is 42.6. The molecule has 1 saturated carbocycles. The molecule has 13 heteroatoms. The van der Waals surface area contributed by atoms with Gasteiger partial charge in [0.1, 0.15) is 5.75 Å². The minimum Gasteiger partial charge on any atom is -0.490 e. The maximum absolute atomic E-state index is 14.2. The number of hydrogen-bond donors (Lipinski definition) is 3. The van der Waals surface area contributed by atoms with Crippen LogP contribution in [0.25, 0.3) is 0 Å². The summed E-state index contributed by atoms with van der Waals surface area (Å²) in [6, 6.07) is 3.82. The van der Waals surface area contributed by atoms with E-state index in [0.717, 1.165) is 38.5 Å². The molecule has 1 aliphatic heterocycles. The van der Waals surface area contributed by atoms with Crippen molar-refractivity contribution in [3.8, 4) is 5.75 Å². The molecule has 0 radical (unpaired) electrons. The minimum absolute atomic E-state index is 0.117. The lowest BCUT2D eigenvalue weighted by Gasteiger charge is -2.36. The van der Waals surface area contributed by atoms with Gasteiger partial charge in [-0.05, 0) is 64.2 Å². The number of aliphatic hydroxyl groups is 1. The Hall–Kier alpha value is -3.06. The van der Waals surface area contributed by atoms with Crippen LogP contribution in [0.3, 0.4) is 0 Å². The Bertz CT molecular complexity index is 1150. The van der Waals surface area contributed by atoms with E-state index in [4.69, 9.17) is 9.47 Å². The molecule has 1 heterocycles. The summed E-state index contributed by atoms with van der Waals surface area (Å²) in [5.41, 5.74) is 0.277. The zero-order chi connectivity index (χ0) is 33.9. The first-order valence-corrected chi connectivity index (χ1v) is 16.5. The molecule has 1 aromatic rings. The number of rotatable bonds is 8. The Labute approximate surface area is 270 Å². The summed E-state index contributed by atoms with van der Waals surface area (Å²) in [6.07, 6.45) is 0.402. The number of ether oxygens (including phenoxy) is 2. The van der Waals surface area contributed by atoms with E-state index in [-0.39, 0.29) is 54.2 Å². The molecule has 1 aromatic carbocycles. The summed E-state index contributed by atoms with van der Waals surface area (Å²) < 4.78 is 50.5. The number of aliphatic hydroxyl groups excluding tert-OH is 1. The van der Waals surface area contributed by atoms with Gasteiger partial charge in [0, 0.05) is 50.8 Å². The van der Waals surface area contributed by atoms with Gasteiger partial charge in [-0.2, -0.15) is 13.2 Å². The number of anilines is 1. The first-order valence-electron chi connectivity index (χ1n) is 16.5. The van der Waals surface area contributed by atoms with Crippen molar-refractivity contribution >= 4 is 23.5 Å². The first-order chi connectivity index (χ1) is 21.8. The van der Waals surface area contributed by atoms with E-state index < -0.39 is 43.0 Å². The molecule has 260 valence electrons. The van der Waals surface area contributed by atoms with Crippen molar-refractivity contribution < 1.29 is 42.1 Å². The van der Waals surface area contributed by atoms with Crippen molar-refractivity contribution in [1.29, 1.82) is 0 Å². The molecular formula is C33H51F3N4O6. The van der Waals surface area contributed by atoms with Crippen LogP contribution in [-0.4, -0.2) is 96.6 Å². The average Bonchev–Trinajstić information content (AvgIpc) is 3.01. The van der Waals surface area contributed by atoms with Gasteiger partial charge in [-0.1, -0.05) is 26.2 Å². The fraction of sp³-hybridized carbons (Fsp3) is 0.727. The van der Waals surface area contributed by atoms with Gasteiger partial charge in [-0.15, -0.1) is 0 Å². The number of alkyl halides is 3. The summed E-state index contributed by atoms with van der Waals surface area (Å²) in [5.74, 6) is -1.27. The standard InChI is InChI=1S/C33H51F3N4O6/c1-22-19-40(23(2)21-41)31(43)27-18-26(37-30(42)15-16-33(34,35)36)13-14-28(27)46-24(3)10-8-9-17-45-29(22)20-39(4)32(44)38-25-11-6-5-7-12-25/h13-14,18,22-25,29,41H,5-12,15-17,19-21H2,1-4H3,(H,37,42)(H,38,44)/t22-,23-,24+,29-/m1/s1. The summed E-state index contributed by atoms with van der Waals surface area (Å²) >= 11 is 0. The Morgan fingerprint density at radius 1 is 1.11 bits per heavy atom. The van der Waals surface area contributed by atoms with E-state index in [1.807, 2.05) is 13.8 Å². The van der Waals surface area contributed by atoms with Crippen LogP contribution in [-0.2, 0) is 9.53 Å². The highest BCUT2D eigenvalue weighted by molar-refractivity contribution is 5.99. The number of carbonyl (C=O) groups is 3. The van der Waals surface area contributed by atoms with Crippen molar-refractivity contribution in [2.24, 2.45) is 5.92 Å². The largest absolute Gasteiger partial charge is 0.490 e. The van der Waals surface area contributed by atoms with Crippen molar-refractivity contribution in [2.45, 2.75) is 115 Å². The number of likely N-dealkylation sites (N-methyl/N-ethyl adjacent to an activating group) is 1. The van der Waals surface area contributed by atoms with E-state index in [0.29, 0.717) is 19.6 Å². The van der Waals surface area contributed by atoms with Gasteiger partial charge in [0.25, 0.3) is 5.91 Å². The summed E-state index contributed by atoms with van der Waals surface area (Å²) in [5, 5.41) is 15.7. The normalized spacial score (nSPS) is 23.0. The Morgan fingerprint density at radius 2 is 1.80 bits per heavy atom. The van der Waals surface area contributed by atoms with Crippen LogP contribution in [0.15, 0.2) is 18.2 Å². The third-order valence-corrected chi connectivity index (χ3v) is 8.70. The molecule has 0 unspecified atom stereocenters. The third-order valence-electron chi connectivity index (χ3n) is 8.70. The molecule has 3 rings (SSSR count). The van der Waals surface area contributed by atoms with Crippen molar-refractivity contribution in [1.82, 2.24) is 15.1 Å². The predicted octanol–water partition coefficient (Wildman–Crippen LogP) is 5.74. The second-order valence-electron chi connectivity index (χ2n) is 12.8. The first kappa shape index (κ1) is 37.4. The number of amides is 4. The van der Waals surface area contributed by atoms with Crippen LogP contribution in [0, 0.1) is 5.92 Å². The highest BCUT2D eigenvalue weighted by Crippen LogP contribution is 2.29. The molecule has 0 saturated heterocycles. The molecule has 4 atom stereocenters. The van der Waals surface area contributed by atoms with E-state index in [1.54, 1.807) is 18.9 Å². The number of hydrogen-bond acceptors (Lipinski definition) is 6. The van der Waals surface area contributed by atoms with Crippen molar-refractivity contribution in [3.05, 3.63) is 23.8 Å². The summed E-state index contributed by atoms with van der Waals surface area (Å²) in [6.45, 7) is 6.15. The maximum atomic E-state index is 14.2. The zero-order valence-corrected chi connectivity index (χ0v) is 27.5. The molecule has 1 fully saturated rings. The maximum Gasteiger partial charge on any atom is 0.389 e. The van der Waals surface area contributed by atoms with Crippen molar-refractivity contribution in [2.75, 3.05) is 38.7 Å². The molecule has 3 N–H and O–H groups in total. The van der Waals surface area contributed by atoms with E-state index in [1.165, 1.54) is 29.5 Å². The van der Waals surface area contributed by atoms with Crippen LogP contribution >= 0.6 is 0 Å². The third kappa shape index (κ3) is 11.9. The molecular weight excluding hydrogens is 605 g/mol. The van der Waals surface area contributed by atoms with E-state index in [2.05, 4.69) is 10.6 Å². The number of urea groups is 1. The highest BCUT2D eigenvalue weighted by Gasteiger charge is 2.32. The highest BCUT2D eigenvalue weighted by atomic mass is 19.4. The number of nitrogens with zero attached hydrogens (tertiary/aromatic N) is 2. The van der Waals surface area contributed by atoms with Gasteiger partial charge in [-0.25, -0.2) is 4.79 Å². The molecule has 46 heavy (non-hydrogen) atoms. The van der Waals surface area contributed by atoms with Crippen LogP contribution < -0.4 is 15.4 Å². The lowest BCUT2D eigenvalue weighted by molar-refractivity contribution is -0.142. The van der Waals surface area contributed by atoms with Crippen LogP contribution in [0.5, 0.6) is 5.75 Å². The van der Waals surface area contributed by atoms with Crippen LogP contribution in [0.4, 0.5) is 23.7 Å². The Balaban J connectivity index is 1.85. The number of carbonyl (C=O) groups excluding carboxylic acids is 3. The molecule has 0 aromatic heterocycles. The minimum atomic E-state index is -4.47. The zero-order valence-electron chi connectivity index (χ0n) is 27.5. The van der Waals surface area contributed by atoms with Gasteiger partial charge in [0.2, 0.25) is 5.91 Å². The van der Waals surface area contributed by atoms with E-state index in [9.17, 15) is 32.7 Å². The molecule has 0 spiro atoms. The second kappa shape index (κ2) is 17.7. The monoisotopic (exact) mass is 656 g/mol. The Kier molecular flexibility index (Phi) is 14.4. The van der Waals surface area contributed by atoms with Crippen molar-refractivity contribution in [3.63, 3.8) is 0 Å². The number of benzene rings is 1. The lowest BCUT2D eigenvalue weighted by Crippen LogP contribution is -2.50. The molecule has 4 amide bonds. The molecule has 2 aliphatic rings. The lowest BCUT2D eigenvalue weighted by atomic mass is 9.96. The van der Waals surface area contributed by atoms with Crippen LogP contribution in [0.1, 0.15) is 95.3 Å².